The van der Waals surface area contributed by atoms with Gasteiger partial charge < -0.3 is 9.47 Å². The van der Waals surface area contributed by atoms with E-state index >= 15 is 0 Å². The van der Waals surface area contributed by atoms with Crippen molar-refractivity contribution in [3.63, 3.8) is 0 Å². The van der Waals surface area contributed by atoms with Crippen LogP contribution < -0.4 is 9.47 Å². The second kappa shape index (κ2) is 9.28. The first-order valence-corrected chi connectivity index (χ1v) is 11.7. The zero-order valence-corrected chi connectivity index (χ0v) is 18.8. The molecule has 0 aromatic heterocycles. The lowest BCUT2D eigenvalue weighted by atomic mass is 9.89. The Morgan fingerprint density at radius 1 is 1.14 bits per heavy atom. The molecule has 0 atom stereocenters. The molecule has 1 heterocycles. The lowest BCUT2D eigenvalue weighted by Crippen LogP contribution is -2.40. The highest BCUT2D eigenvalue weighted by Crippen LogP contribution is 2.33. The minimum absolute atomic E-state index is 0.0437. The molecule has 1 fully saturated rings. The molecular weight excluding hydrogens is 458 g/mol. The van der Waals surface area contributed by atoms with Gasteiger partial charge in [-0.05, 0) is 62.2 Å². The molecule has 0 unspecified atom stereocenters. The monoisotopic (exact) mass is 481 g/mol. The SMILES string of the molecule is CCOc1ccc(Br)cc1S(=O)(=O)N1CCC(C(=O)c2ccc(OC)cc2)CC1. The first-order valence-electron chi connectivity index (χ1n) is 9.47. The summed E-state index contributed by atoms with van der Waals surface area (Å²) < 4.78 is 39.1. The molecule has 0 radical (unpaired) electrons. The second-order valence-electron chi connectivity index (χ2n) is 6.80. The van der Waals surface area contributed by atoms with E-state index in [1.54, 1.807) is 49.6 Å². The normalized spacial score (nSPS) is 15.8. The predicted octanol–water partition coefficient (Wildman–Crippen LogP) is 4.14. The van der Waals surface area contributed by atoms with Crippen molar-refractivity contribution in [2.75, 3.05) is 26.8 Å². The molecule has 0 bridgehead atoms. The average Bonchev–Trinajstić information content (AvgIpc) is 2.74. The number of rotatable bonds is 7. The van der Waals surface area contributed by atoms with Crippen LogP contribution in [0.4, 0.5) is 0 Å². The Bertz CT molecular complexity index is 967. The first-order chi connectivity index (χ1) is 13.9. The fourth-order valence-electron chi connectivity index (χ4n) is 3.45. The van der Waals surface area contributed by atoms with Crippen molar-refractivity contribution in [1.82, 2.24) is 4.31 Å². The van der Waals surface area contributed by atoms with Gasteiger partial charge in [-0.25, -0.2) is 8.42 Å². The number of methoxy groups -OCH3 is 1. The Hall–Kier alpha value is -1.90. The summed E-state index contributed by atoms with van der Waals surface area (Å²) in [6, 6.07) is 12.0. The van der Waals surface area contributed by atoms with E-state index in [4.69, 9.17) is 9.47 Å². The summed E-state index contributed by atoms with van der Waals surface area (Å²) in [5, 5.41) is 0. The van der Waals surface area contributed by atoms with E-state index in [-0.39, 0.29) is 16.6 Å². The van der Waals surface area contributed by atoms with Gasteiger partial charge in [0.05, 0.1) is 13.7 Å². The van der Waals surface area contributed by atoms with Gasteiger partial charge in [-0.15, -0.1) is 0 Å². The molecule has 1 aliphatic heterocycles. The zero-order valence-electron chi connectivity index (χ0n) is 16.4. The Morgan fingerprint density at radius 2 is 1.79 bits per heavy atom. The summed E-state index contributed by atoms with van der Waals surface area (Å²) >= 11 is 3.34. The van der Waals surface area contributed by atoms with Gasteiger partial charge in [-0.3, -0.25) is 4.79 Å². The number of carbonyl (C=O) groups excluding carboxylic acids is 1. The number of piperidine rings is 1. The number of Topliss-reactive ketones (excluding diaryl/α,β-unsaturated/α-hetero) is 1. The molecule has 1 saturated heterocycles. The van der Waals surface area contributed by atoms with Gasteiger partial charge in [0.25, 0.3) is 0 Å². The van der Waals surface area contributed by atoms with Gasteiger partial charge in [0.15, 0.2) is 5.78 Å². The van der Waals surface area contributed by atoms with Crippen molar-refractivity contribution in [1.29, 1.82) is 0 Å². The Morgan fingerprint density at radius 3 is 2.38 bits per heavy atom. The molecule has 0 N–H and O–H groups in total. The number of sulfonamides is 1. The third kappa shape index (κ3) is 4.82. The maximum absolute atomic E-state index is 13.2. The topological polar surface area (TPSA) is 72.9 Å². The summed E-state index contributed by atoms with van der Waals surface area (Å²) in [6.07, 6.45) is 0.976. The van der Waals surface area contributed by atoms with Gasteiger partial charge in [0.1, 0.15) is 16.4 Å². The van der Waals surface area contributed by atoms with Crippen LogP contribution in [0.5, 0.6) is 11.5 Å². The lowest BCUT2D eigenvalue weighted by molar-refractivity contribution is 0.0875. The van der Waals surface area contributed by atoms with Crippen molar-refractivity contribution in [3.8, 4) is 11.5 Å². The minimum atomic E-state index is -3.71. The zero-order chi connectivity index (χ0) is 21.0. The van der Waals surface area contributed by atoms with Crippen LogP contribution in [0.15, 0.2) is 51.8 Å². The smallest absolute Gasteiger partial charge is 0.246 e. The standard InChI is InChI=1S/C21H24BrNO5S/c1-3-28-19-9-6-17(22)14-20(19)29(25,26)23-12-10-16(11-13-23)21(24)15-4-7-18(27-2)8-5-15/h4-9,14,16H,3,10-13H2,1-2H3. The number of carbonyl (C=O) groups is 1. The Labute approximate surface area is 180 Å². The predicted molar refractivity (Wildman–Crippen MR) is 114 cm³/mol. The van der Waals surface area contributed by atoms with Crippen LogP contribution in [0.1, 0.15) is 30.1 Å². The van der Waals surface area contributed by atoms with E-state index in [0.717, 1.165) is 0 Å². The second-order valence-corrected chi connectivity index (χ2v) is 9.62. The fourth-order valence-corrected chi connectivity index (χ4v) is 5.59. The third-order valence-corrected chi connectivity index (χ3v) is 7.44. The molecule has 2 aromatic rings. The van der Waals surface area contributed by atoms with E-state index < -0.39 is 10.0 Å². The van der Waals surface area contributed by atoms with Crippen molar-refractivity contribution in [2.24, 2.45) is 5.92 Å². The summed E-state index contributed by atoms with van der Waals surface area (Å²) in [4.78, 5) is 12.9. The molecule has 8 heteroatoms. The number of ketones is 1. The Kier molecular flexibility index (Phi) is 6.97. The number of benzene rings is 2. The van der Waals surface area contributed by atoms with E-state index in [9.17, 15) is 13.2 Å². The van der Waals surface area contributed by atoms with Gasteiger partial charge in [-0.2, -0.15) is 4.31 Å². The van der Waals surface area contributed by atoms with E-state index in [0.29, 0.717) is 54.1 Å². The third-order valence-electron chi connectivity index (χ3n) is 5.02. The van der Waals surface area contributed by atoms with Crippen molar-refractivity contribution in [3.05, 3.63) is 52.5 Å². The van der Waals surface area contributed by atoms with Crippen LogP contribution in [0, 0.1) is 5.92 Å². The number of hydrogen-bond acceptors (Lipinski definition) is 5. The highest BCUT2D eigenvalue weighted by atomic mass is 79.9. The fraction of sp³-hybridized carbons (Fsp3) is 0.381. The van der Waals surface area contributed by atoms with E-state index in [1.165, 1.54) is 4.31 Å². The molecule has 0 amide bonds. The first kappa shape index (κ1) is 21.8. The van der Waals surface area contributed by atoms with Crippen LogP contribution in [0.25, 0.3) is 0 Å². The van der Waals surface area contributed by atoms with Gasteiger partial charge in [-0.1, -0.05) is 15.9 Å². The molecule has 29 heavy (non-hydrogen) atoms. The summed E-state index contributed by atoms with van der Waals surface area (Å²) in [7, 11) is -2.13. The number of ether oxygens (including phenoxy) is 2. The van der Waals surface area contributed by atoms with Gasteiger partial charge in [0, 0.05) is 29.0 Å². The number of hydrogen-bond donors (Lipinski definition) is 0. The number of nitrogens with zero attached hydrogens (tertiary/aromatic N) is 1. The highest BCUT2D eigenvalue weighted by Gasteiger charge is 2.34. The van der Waals surface area contributed by atoms with Crippen LogP contribution >= 0.6 is 15.9 Å². The molecule has 2 aromatic carbocycles. The molecule has 0 spiro atoms. The molecule has 0 aliphatic carbocycles. The van der Waals surface area contributed by atoms with E-state index in [2.05, 4.69) is 15.9 Å². The average molecular weight is 482 g/mol. The Balaban J connectivity index is 1.72. The molecular formula is C21H24BrNO5S. The maximum Gasteiger partial charge on any atom is 0.246 e. The summed E-state index contributed by atoms with van der Waals surface area (Å²) in [6.45, 7) is 2.79. The highest BCUT2D eigenvalue weighted by molar-refractivity contribution is 9.10. The van der Waals surface area contributed by atoms with Crippen molar-refractivity contribution >= 4 is 31.7 Å². The molecule has 156 valence electrons. The molecule has 6 nitrogen and oxygen atoms in total. The van der Waals surface area contributed by atoms with Crippen LogP contribution in [-0.2, 0) is 10.0 Å². The lowest BCUT2D eigenvalue weighted by Gasteiger charge is -2.31. The minimum Gasteiger partial charge on any atom is -0.497 e. The quantitative estimate of drug-likeness (QED) is 0.555. The van der Waals surface area contributed by atoms with Crippen LogP contribution in [0.2, 0.25) is 0 Å². The van der Waals surface area contributed by atoms with Crippen molar-refractivity contribution in [2.45, 2.75) is 24.7 Å². The van der Waals surface area contributed by atoms with Crippen LogP contribution in [-0.4, -0.2) is 45.3 Å². The molecule has 0 saturated carbocycles. The number of halogens is 1. The van der Waals surface area contributed by atoms with Crippen LogP contribution in [0.3, 0.4) is 0 Å². The maximum atomic E-state index is 13.2. The van der Waals surface area contributed by atoms with Gasteiger partial charge in [0.2, 0.25) is 10.0 Å². The summed E-state index contributed by atoms with van der Waals surface area (Å²) in [5.41, 5.74) is 0.623. The molecule has 1 aliphatic rings. The molecule has 3 rings (SSSR count). The van der Waals surface area contributed by atoms with E-state index in [1.807, 2.05) is 6.92 Å². The largest absolute Gasteiger partial charge is 0.497 e. The van der Waals surface area contributed by atoms with Crippen molar-refractivity contribution < 1.29 is 22.7 Å². The summed E-state index contributed by atoms with van der Waals surface area (Å²) in [5.74, 6) is 0.889. The van der Waals surface area contributed by atoms with Gasteiger partial charge >= 0.3 is 0 Å².